The Hall–Kier alpha value is -2.87. The van der Waals surface area contributed by atoms with Crippen molar-refractivity contribution in [2.75, 3.05) is 0 Å². The molecule has 1 aromatic heterocycles. The number of nitrogens with zero attached hydrogens (tertiary/aromatic N) is 3. The van der Waals surface area contributed by atoms with Crippen LogP contribution in [0.25, 0.3) is 5.69 Å². The Balaban J connectivity index is 1.84. The van der Waals surface area contributed by atoms with Crippen LogP contribution < -0.4 is 11.4 Å². The standard InChI is InChI=1S/C19H19N3O5/c1-18-9-8-13(23)19(2)14(18)12(27-15(18)24)10-20-16(25)21(17(26)22(19)20)11-6-4-3-5-7-11/h3-7,13,23H,8-10H2,1-2H3/t13-,18-,19+/m1/s1. The van der Waals surface area contributed by atoms with Gasteiger partial charge in [-0.25, -0.2) is 23.5 Å². The number of benzene rings is 1. The molecule has 140 valence electrons. The Morgan fingerprint density at radius 2 is 1.81 bits per heavy atom. The fourth-order valence-corrected chi connectivity index (χ4v) is 4.99. The molecule has 0 bridgehead atoms. The van der Waals surface area contributed by atoms with E-state index in [9.17, 15) is 19.5 Å². The molecule has 0 saturated heterocycles. The monoisotopic (exact) mass is 369 g/mol. The molecule has 5 rings (SSSR count). The van der Waals surface area contributed by atoms with Gasteiger partial charge in [-0.3, -0.25) is 4.79 Å². The Morgan fingerprint density at radius 1 is 1.11 bits per heavy atom. The maximum absolute atomic E-state index is 13.3. The van der Waals surface area contributed by atoms with Crippen molar-refractivity contribution in [3.63, 3.8) is 0 Å². The van der Waals surface area contributed by atoms with Gasteiger partial charge < -0.3 is 9.84 Å². The third kappa shape index (κ3) is 1.74. The van der Waals surface area contributed by atoms with E-state index in [2.05, 4.69) is 0 Å². The highest BCUT2D eigenvalue weighted by Crippen LogP contribution is 2.56. The highest BCUT2D eigenvalue weighted by Gasteiger charge is 2.63. The number of aliphatic hydroxyl groups is 1. The second kappa shape index (κ2) is 4.89. The van der Waals surface area contributed by atoms with Crippen LogP contribution in [0.4, 0.5) is 0 Å². The molecule has 0 radical (unpaired) electrons. The first-order valence-electron chi connectivity index (χ1n) is 8.95. The van der Waals surface area contributed by atoms with Gasteiger partial charge in [-0.1, -0.05) is 18.2 Å². The number of aromatic nitrogens is 3. The van der Waals surface area contributed by atoms with Gasteiger partial charge in [0.2, 0.25) is 0 Å². The van der Waals surface area contributed by atoms with Crippen molar-refractivity contribution >= 4 is 5.97 Å². The number of allylic oxidation sites excluding steroid dienone is 1. The zero-order chi connectivity index (χ0) is 19.1. The smallest absolute Gasteiger partial charge is 0.352 e. The molecule has 1 aromatic carbocycles. The minimum absolute atomic E-state index is 0.00706. The van der Waals surface area contributed by atoms with Crippen LogP contribution in [0.2, 0.25) is 0 Å². The van der Waals surface area contributed by atoms with Crippen molar-refractivity contribution in [3.05, 3.63) is 62.6 Å². The molecule has 1 N–H and O–H groups in total. The number of rotatable bonds is 1. The fraction of sp³-hybridized carbons (Fsp3) is 0.421. The van der Waals surface area contributed by atoms with Crippen LogP contribution in [0.1, 0.15) is 26.7 Å². The van der Waals surface area contributed by atoms with Gasteiger partial charge in [0.1, 0.15) is 17.8 Å². The summed E-state index contributed by atoms with van der Waals surface area (Å²) in [5.41, 5.74) is -2.10. The summed E-state index contributed by atoms with van der Waals surface area (Å²) >= 11 is 0. The van der Waals surface area contributed by atoms with Gasteiger partial charge in [0, 0.05) is 5.57 Å². The topological polar surface area (TPSA) is 95.5 Å². The predicted molar refractivity (Wildman–Crippen MR) is 94.4 cm³/mol. The van der Waals surface area contributed by atoms with Crippen LogP contribution in [0.15, 0.2) is 51.3 Å². The van der Waals surface area contributed by atoms with Gasteiger partial charge in [0.25, 0.3) is 0 Å². The van der Waals surface area contributed by atoms with Gasteiger partial charge in [0.15, 0.2) is 0 Å². The molecule has 8 nitrogen and oxygen atoms in total. The van der Waals surface area contributed by atoms with Crippen molar-refractivity contribution in [2.24, 2.45) is 5.41 Å². The summed E-state index contributed by atoms with van der Waals surface area (Å²) in [6.07, 6.45) is -0.143. The lowest BCUT2D eigenvalue weighted by molar-refractivity contribution is -0.146. The lowest BCUT2D eigenvalue weighted by Gasteiger charge is -2.47. The SMILES string of the molecule is C[C@@]12CC[C@@H](O)[C@@]3(C)C1=C(Cn1c(=O)n(-c4ccccc4)c(=O)n13)OC2=O. The molecule has 1 aliphatic carbocycles. The highest BCUT2D eigenvalue weighted by atomic mass is 16.5. The molecule has 2 aliphatic heterocycles. The van der Waals surface area contributed by atoms with Crippen LogP contribution in [-0.2, 0) is 21.6 Å². The third-order valence-electron chi connectivity index (χ3n) is 6.34. The molecule has 2 aromatic rings. The minimum atomic E-state index is -1.22. The van der Waals surface area contributed by atoms with E-state index in [1.165, 1.54) is 9.36 Å². The number of ether oxygens (including phenoxy) is 1. The number of carbonyl (C=O) groups excluding carboxylic acids is 1. The number of para-hydroxylation sites is 1. The first-order chi connectivity index (χ1) is 12.8. The number of esters is 1. The third-order valence-corrected chi connectivity index (χ3v) is 6.34. The Kier molecular flexibility index (Phi) is 2.95. The lowest BCUT2D eigenvalue weighted by atomic mass is 9.62. The molecular formula is C19H19N3O5. The van der Waals surface area contributed by atoms with E-state index in [1.807, 2.05) is 0 Å². The molecule has 0 unspecified atom stereocenters. The van der Waals surface area contributed by atoms with Crippen LogP contribution in [0.5, 0.6) is 0 Å². The normalized spacial score (nSPS) is 31.5. The van der Waals surface area contributed by atoms with Crippen LogP contribution in [-0.4, -0.2) is 31.1 Å². The average molecular weight is 369 g/mol. The van der Waals surface area contributed by atoms with Crippen molar-refractivity contribution in [1.29, 1.82) is 0 Å². The van der Waals surface area contributed by atoms with Gasteiger partial charge in [-0.15, -0.1) is 0 Å². The summed E-state index contributed by atoms with van der Waals surface area (Å²) in [7, 11) is 0. The van der Waals surface area contributed by atoms with Crippen molar-refractivity contribution in [3.8, 4) is 5.69 Å². The molecule has 1 saturated carbocycles. The molecule has 3 atom stereocenters. The van der Waals surface area contributed by atoms with E-state index < -0.39 is 28.4 Å². The number of fused-ring (bicyclic) bond motifs is 2. The molecular weight excluding hydrogens is 350 g/mol. The molecule has 3 aliphatic rings. The number of aliphatic hydroxyl groups excluding tert-OH is 1. The Morgan fingerprint density at radius 3 is 2.52 bits per heavy atom. The van der Waals surface area contributed by atoms with Crippen molar-refractivity contribution in [2.45, 2.75) is 44.9 Å². The van der Waals surface area contributed by atoms with E-state index in [1.54, 1.807) is 44.2 Å². The van der Waals surface area contributed by atoms with Gasteiger partial charge in [-0.2, -0.15) is 0 Å². The zero-order valence-corrected chi connectivity index (χ0v) is 15.0. The lowest BCUT2D eigenvalue weighted by Crippen LogP contribution is -2.59. The second-order valence-electron chi connectivity index (χ2n) is 7.83. The number of carbonyl (C=O) groups is 1. The van der Waals surface area contributed by atoms with Crippen LogP contribution >= 0.6 is 0 Å². The van der Waals surface area contributed by atoms with E-state index >= 15 is 0 Å². The summed E-state index contributed by atoms with van der Waals surface area (Å²) in [6, 6.07) is 8.66. The van der Waals surface area contributed by atoms with Crippen molar-refractivity contribution in [1.82, 2.24) is 13.9 Å². The van der Waals surface area contributed by atoms with Gasteiger partial charge >= 0.3 is 17.3 Å². The second-order valence-corrected chi connectivity index (χ2v) is 7.83. The summed E-state index contributed by atoms with van der Waals surface area (Å²) in [5, 5.41) is 10.9. The molecule has 8 heteroatoms. The molecule has 0 amide bonds. The zero-order valence-electron chi connectivity index (χ0n) is 15.0. The molecule has 3 heterocycles. The fourth-order valence-electron chi connectivity index (χ4n) is 4.99. The largest absolute Gasteiger partial charge is 0.428 e. The number of hydrogen-bond acceptors (Lipinski definition) is 5. The Bertz CT molecular complexity index is 1140. The van der Waals surface area contributed by atoms with Crippen LogP contribution in [0, 0.1) is 5.41 Å². The first kappa shape index (κ1) is 16.3. The summed E-state index contributed by atoms with van der Waals surface area (Å²) < 4.78 is 9.18. The predicted octanol–water partition coefficient (Wildman–Crippen LogP) is 0.501. The van der Waals surface area contributed by atoms with E-state index in [0.717, 1.165) is 4.57 Å². The Labute approximate surface area is 153 Å². The van der Waals surface area contributed by atoms with Gasteiger partial charge in [-0.05, 0) is 38.8 Å². The maximum atomic E-state index is 13.3. The summed E-state index contributed by atoms with van der Waals surface area (Å²) in [4.78, 5) is 38.9. The molecule has 0 spiro atoms. The number of hydrogen-bond donors (Lipinski definition) is 1. The van der Waals surface area contributed by atoms with Crippen LogP contribution in [0.3, 0.4) is 0 Å². The van der Waals surface area contributed by atoms with E-state index in [-0.39, 0.29) is 12.5 Å². The average Bonchev–Trinajstić information content (AvgIpc) is 3.05. The molecule has 27 heavy (non-hydrogen) atoms. The molecule has 1 fully saturated rings. The van der Waals surface area contributed by atoms with E-state index in [4.69, 9.17) is 4.74 Å². The first-order valence-corrected chi connectivity index (χ1v) is 8.95. The highest BCUT2D eigenvalue weighted by molar-refractivity contribution is 5.85. The minimum Gasteiger partial charge on any atom is -0.428 e. The van der Waals surface area contributed by atoms with Gasteiger partial charge in [0.05, 0.1) is 17.2 Å². The van der Waals surface area contributed by atoms with E-state index in [0.29, 0.717) is 29.9 Å². The quantitative estimate of drug-likeness (QED) is 0.739. The van der Waals surface area contributed by atoms with Crippen molar-refractivity contribution < 1.29 is 14.6 Å². The maximum Gasteiger partial charge on any atom is 0.352 e. The summed E-state index contributed by atoms with van der Waals surface area (Å²) in [5.74, 6) is -0.0103. The summed E-state index contributed by atoms with van der Waals surface area (Å²) in [6.45, 7) is 3.49.